The van der Waals surface area contributed by atoms with Crippen LogP contribution in [0.3, 0.4) is 0 Å². The second kappa shape index (κ2) is 8.57. The maximum absolute atomic E-state index is 13.2. The van der Waals surface area contributed by atoms with Crippen LogP contribution >= 0.6 is 11.8 Å². The number of aromatic nitrogens is 3. The van der Waals surface area contributed by atoms with Gasteiger partial charge in [0.1, 0.15) is 5.82 Å². The largest absolute Gasteiger partial charge is 0.294 e. The molecule has 0 aliphatic rings. The van der Waals surface area contributed by atoms with Gasteiger partial charge in [-0.25, -0.2) is 14.4 Å². The van der Waals surface area contributed by atoms with Gasteiger partial charge >= 0.3 is 0 Å². The van der Waals surface area contributed by atoms with Gasteiger partial charge in [0.15, 0.2) is 0 Å². The lowest BCUT2D eigenvalue weighted by atomic mass is 10.2. The predicted octanol–water partition coefficient (Wildman–Crippen LogP) is 3.54. The minimum absolute atomic E-state index is 0.138. The molecular weight excluding hydrogens is 315 g/mol. The van der Waals surface area contributed by atoms with Crippen molar-refractivity contribution in [2.24, 2.45) is 0 Å². The molecule has 7 heteroatoms. The molecule has 2 aromatic heterocycles. The van der Waals surface area contributed by atoms with Crippen LogP contribution in [0.5, 0.6) is 0 Å². The number of amides is 1. The molecule has 0 spiro atoms. The summed E-state index contributed by atoms with van der Waals surface area (Å²) in [7, 11) is 0. The number of hydrogen-bond acceptors (Lipinski definition) is 5. The van der Waals surface area contributed by atoms with E-state index in [9.17, 15) is 9.18 Å². The molecule has 0 fully saturated rings. The topological polar surface area (TPSA) is 67.8 Å². The maximum Gasteiger partial charge on any atom is 0.239 e. The predicted molar refractivity (Wildman–Crippen MR) is 90.7 cm³/mol. The molecule has 0 aliphatic heterocycles. The van der Waals surface area contributed by atoms with Crippen LogP contribution in [-0.4, -0.2) is 31.9 Å². The van der Waals surface area contributed by atoms with Gasteiger partial charge in [0.05, 0.1) is 17.1 Å². The highest BCUT2D eigenvalue weighted by Gasteiger charge is 2.14. The van der Waals surface area contributed by atoms with E-state index in [0.717, 1.165) is 24.8 Å². The summed E-state index contributed by atoms with van der Waals surface area (Å²) in [6.07, 6.45) is 6.36. The molecule has 0 saturated heterocycles. The Morgan fingerprint density at radius 1 is 1.43 bits per heavy atom. The van der Waals surface area contributed by atoms with Crippen molar-refractivity contribution < 1.29 is 9.18 Å². The standard InChI is InChI=1S/C16H19FN4OS/c1-3-4-7-23-11(2)15(22)21-16-19-6-5-14(20-16)12-8-13(17)10-18-9-12/h5-6,8-11H,3-4,7H2,1-2H3,(H,19,20,21,22). The first-order chi connectivity index (χ1) is 11.1. The van der Waals surface area contributed by atoms with Crippen LogP contribution in [0.2, 0.25) is 0 Å². The second-order valence-corrected chi connectivity index (χ2v) is 6.46. The van der Waals surface area contributed by atoms with Crippen molar-refractivity contribution in [1.82, 2.24) is 15.0 Å². The summed E-state index contributed by atoms with van der Waals surface area (Å²) in [4.78, 5) is 24.2. The van der Waals surface area contributed by atoms with Crippen molar-refractivity contribution in [2.75, 3.05) is 11.1 Å². The van der Waals surface area contributed by atoms with Crippen molar-refractivity contribution in [3.05, 3.63) is 36.5 Å². The number of nitrogens with zero attached hydrogens (tertiary/aromatic N) is 3. The van der Waals surface area contributed by atoms with Gasteiger partial charge < -0.3 is 0 Å². The molecule has 1 unspecified atom stereocenters. The zero-order chi connectivity index (χ0) is 16.7. The fourth-order valence-electron chi connectivity index (χ4n) is 1.82. The van der Waals surface area contributed by atoms with E-state index in [1.54, 1.807) is 17.8 Å². The van der Waals surface area contributed by atoms with Crippen molar-refractivity contribution >= 4 is 23.6 Å². The fourth-order valence-corrected chi connectivity index (χ4v) is 2.84. The Hall–Kier alpha value is -2.02. The van der Waals surface area contributed by atoms with Crippen LogP contribution in [-0.2, 0) is 4.79 Å². The highest BCUT2D eigenvalue weighted by Crippen LogP contribution is 2.18. The number of pyridine rings is 1. The average Bonchev–Trinajstić information content (AvgIpc) is 2.55. The van der Waals surface area contributed by atoms with E-state index in [4.69, 9.17) is 0 Å². The van der Waals surface area contributed by atoms with Gasteiger partial charge in [-0.3, -0.25) is 15.1 Å². The van der Waals surface area contributed by atoms with Gasteiger partial charge in [-0.05, 0) is 31.2 Å². The summed E-state index contributed by atoms with van der Waals surface area (Å²) >= 11 is 1.60. The van der Waals surface area contributed by atoms with Gasteiger partial charge in [-0.2, -0.15) is 0 Å². The fraction of sp³-hybridized carbons (Fsp3) is 0.375. The molecule has 5 nitrogen and oxygen atoms in total. The van der Waals surface area contributed by atoms with Crippen LogP contribution in [0, 0.1) is 5.82 Å². The first kappa shape index (κ1) is 17.3. The van der Waals surface area contributed by atoms with Crippen molar-refractivity contribution in [2.45, 2.75) is 31.9 Å². The maximum atomic E-state index is 13.2. The van der Waals surface area contributed by atoms with Crippen molar-refractivity contribution in [3.8, 4) is 11.3 Å². The van der Waals surface area contributed by atoms with E-state index < -0.39 is 5.82 Å². The zero-order valence-electron chi connectivity index (χ0n) is 13.1. The first-order valence-corrected chi connectivity index (χ1v) is 8.51. The van der Waals surface area contributed by atoms with Crippen molar-refractivity contribution in [1.29, 1.82) is 0 Å². The molecule has 0 saturated carbocycles. The average molecular weight is 334 g/mol. The molecule has 0 aliphatic carbocycles. The molecule has 1 atom stereocenters. The van der Waals surface area contributed by atoms with E-state index in [1.165, 1.54) is 18.5 Å². The molecule has 0 radical (unpaired) electrons. The Labute approximate surface area is 139 Å². The Morgan fingerprint density at radius 3 is 3.00 bits per heavy atom. The summed E-state index contributed by atoms with van der Waals surface area (Å²) < 4.78 is 13.2. The highest BCUT2D eigenvalue weighted by molar-refractivity contribution is 8.00. The molecule has 1 amide bonds. The van der Waals surface area contributed by atoms with Crippen LogP contribution in [0.1, 0.15) is 26.7 Å². The number of thioether (sulfide) groups is 1. The Kier molecular flexibility index (Phi) is 6.46. The van der Waals surface area contributed by atoms with Crippen LogP contribution < -0.4 is 5.32 Å². The second-order valence-electron chi connectivity index (χ2n) is 5.01. The molecule has 2 rings (SSSR count). The van der Waals surface area contributed by atoms with Gasteiger partial charge in [0.2, 0.25) is 11.9 Å². The third-order valence-electron chi connectivity index (χ3n) is 3.13. The lowest BCUT2D eigenvalue weighted by Gasteiger charge is -2.11. The first-order valence-electron chi connectivity index (χ1n) is 7.46. The highest BCUT2D eigenvalue weighted by atomic mass is 32.2. The van der Waals surface area contributed by atoms with E-state index in [2.05, 4.69) is 27.2 Å². The third-order valence-corrected chi connectivity index (χ3v) is 4.36. The summed E-state index contributed by atoms with van der Waals surface area (Å²) in [5.41, 5.74) is 1.04. The van der Waals surface area contributed by atoms with E-state index in [0.29, 0.717) is 11.3 Å². The molecular formula is C16H19FN4OS. The molecule has 0 aromatic carbocycles. The van der Waals surface area contributed by atoms with Gasteiger partial charge in [-0.15, -0.1) is 11.8 Å². The normalized spacial score (nSPS) is 12.0. The lowest BCUT2D eigenvalue weighted by molar-refractivity contribution is -0.115. The SMILES string of the molecule is CCCCSC(C)C(=O)Nc1nccc(-c2cncc(F)c2)n1. The number of halogens is 1. The number of unbranched alkanes of at least 4 members (excludes halogenated alkanes) is 1. The van der Waals surface area contributed by atoms with Crippen LogP contribution in [0.25, 0.3) is 11.3 Å². The van der Waals surface area contributed by atoms with E-state index >= 15 is 0 Å². The minimum atomic E-state index is -0.437. The third kappa shape index (κ3) is 5.28. The Morgan fingerprint density at radius 2 is 2.26 bits per heavy atom. The van der Waals surface area contributed by atoms with E-state index in [1.807, 2.05) is 6.92 Å². The number of anilines is 1. The smallest absolute Gasteiger partial charge is 0.239 e. The van der Waals surface area contributed by atoms with Gasteiger partial charge in [0, 0.05) is 18.0 Å². The van der Waals surface area contributed by atoms with Crippen molar-refractivity contribution in [3.63, 3.8) is 0 Å². The van der Waals surface area contributed by atoms with E-state index in [-0.39, 0.29) is 17.1 Å². The summed E-state index contributed by atoms with van der Waals surface area (Å²) in [5.74, 6) is 0.578. The molecule has 1 N–H and O–H groups in total. The summed E-state index contributed by atoms with van der Waals surface area (Å²) in [5, 5.41) is 2.52. The molecule has 0 bridgehead atoms. The summed E-state index contributed by atoms with van der Waals surface area (Å²) in [6, 6.07) is 2.98. The molecule has 2 heterocycles. The number of hydrogen-bond donors (Lipinski definition) is 1. The molecule has 2 aromatic rings. The summed E-state index contributed by atoms with van der Waals surface area (Å²) in [6.45, 7) is 3.97. The zero-order valence-corrected chi connectivity index (χ0v) is 13.9. The number of rotatable bonds is 7. The minimum Gasteiger partial charge on any atom is -0.294 e. The van der Waals surface area contributed by atoms with Crippen LogP contribution in [0.4, 0.5) is 10.3 Å². The number of nitrogens with one attached hydrogen (secondary N) is 1. The number of carbonyl (C=O) groups excluding carboxylic acids is 1. The Bertz CT molecular complexity index is 668. The van der Waals surface area contributed by atoms with Gasteiger partial charge in [0.25, 0.3) is 0 Å². The monoisotopic (exact) mass is 334 g/mol. The quantitative estimate of drug-likeness (QED) is 0.785. The molecule has 23 heavy (non-hydrogen) atoms. The van der Waals surface area contributed by atoms with Crippen LogP contribution in [0.15, 0.2) is 30.7 Å². The Balaban J connectivity index is 2.04. The number of carbonyl (C=O) groups is 1. The van der Waals surface area contributed by atoms with Gasteiger partial charge in [-0.1, -0.05) is 13.3 Å². The lowest BCUT2D eigenvalue weighted by Crippen LogP contribution is -2.24. The molecule has 122 valence electrons.